The Bertz CT molecular complexity index is 124. The highest BCUT2D eigenvalue weighted by Crippen LogP contribution is 2.06. The highest BCUT2D eigenvalue weighted by Gasteiger charge is 2.13. The standard InChI is InChI=1S/C8H18N2O.ClH/c1-5-7(6-2)8(11)9-10(3)4;/h7H,5-6H2,1-4H3,(H,9,11);1H. The second-order valence-electron chi connectivity index (χ2n) is 2.88. The highest BCUT2D eigenvalue weighted by atomic mass is 35.5. The van der Waals surface area contributed by atoms with Crippen LogP contribution in [0.2, 0.25) is 0 Å². The lowest BCUT2D eigenvalue weighted by Gasteiger charge is -2.16. The number of carbonyl (C=O) groups is 1. The molecular formula is C8H19ClN2O. The third-order valence-electron chi connectivity index (χ3n) is 1.69. The molecule has 4 heteroatoms. The molecule has 0 aliphatic carbocycles. The largest absolute Gasteiger partial charge is 0.289 e. The average molecular weight is 195 g/mol. The Morgan fingerprint density at radius 1 is 1.33 bits per heavy atom. The first-order chi connectivity index (χ1) is 5.11. The number of nitrogens with one attached hydrogen (secondary N) is 1. The van der Waals surface area contributed by atoms with Gasteiger partial charge in [0.05, 0.1) is 0 Å². The van der Waals surface area contributed by atoms with Crippen molar-refractivity contribution in [1.29, 1.82) is 0 Å². The van der Waals surface area contributed by atoms with Gasteiger partial charge < -0.3 is 0 Å². The molecule has 0 bridgehead atoms. The number of hydrogen-bond donors (Lipinski definition) is 1. The van der Waals surface area contributed by atoms with Gasteiger partial charge in [-0.05, 0) is 12.8 Å². The van der Waals surface area contributed by atoms with E-state index in [4.69, 9.17) is 0 Å². The minimum absolute atomic E-state index is 0. The van der Waals surface area contributed by atoms with E-state index in [1.807, 2.05) is 27.9 Å². The number of halogens is 1. The molecular weight excluding hydrogens is 176 g/mol. The van der Waals surface area contributed by atoms with Crippen LogP contribution in [0.4, 0.5) is 0 Å². The van der Waals surface area contributed by atoms with Crippen molar-refractivity contribution in [2.45, 2.75) is 26.7 Å². The van der Waals surface area contributed by atoms with Gasteiger partial charge >= 0.3 is 0 Å². The average Bonchev–Trinajstić information content (AvgIpc) is 1.88. The van der Waals surface area contributed by atoms with Gasteiger partial charge in [-0.2, -0.15) is 0 Å². The van der Waals surface area contributed by atoms with Crippen molar-refractivity contribution in [2.75, 3.05) is 14.1 Å². The van der Waals surface area contributed by atoms with Crippen molar-refractivity contribution < 1.29 is 4.79 Å². The summed E-state index contributed by atoms with van der Waals surface area (Å²) in [6.45, 7) is 4.06. The molecule has 0 aromatic heterocycles. The fourth-order valence-corrected chi connectivity index (χ4v) is 0.971. The lowest BCUT2D eigenvalue weighted by molar-refractivity contribution is -0.129. The van der Waals surface area contributed by atoms with Gasteiger partial charge in [0.15, 0.2) is 0 Å². The van der Waals surface area contributed by atoms with Crippen molar-refractivity contribution in [3.05, 3.63) is 0 Å². The van der Waals surface area contributed by atoms with Gasteiger partial charge in [0, 0.05) is 20.0 Å². The first-order valence-electron chi connectivity index (χ1n) is 4.09. The number of hydrogen-bond acceptors (Lipinski definition) is 2. The number of amides is 1. The molecule has 0 fully saturated rings. The van der Waals surface area contributed by atoms with Crippen molar-refractivity contribution in [3.8, 4) is 0 Å². The summed E-state index contributed by atoms with van der Waals surface area (Å²) < 4.78 is 0. The van der Waals surface area contributed by atoms with Crippen LogP contribution >= 0.6 is 12.4 Å². The summed E-state index contributed by atoms with van der Waals surface area (Å²) in [6, 6.07) is 0. The smallest absolute Gasteiger partial charge is 0.237 e. The van der Waals surface area contributed by atoms with Crippen LogP contribution in [0.5, 0.6) is 0 Å². The maximum atomic E-state index is 11.3. The van der Waals surface area contributed by atoms with Gasteiger partial charge in [-0.15, -0.1) is 12.4 Å². The van der Waals surface area contributed by atoms with Crippen molar-refractivity contribution in [1.82, 2.24) is 10.4 Å². The Balaban J connectivity index is 0. The highest BCUT2D eigenvalue weighted by molar-refractivity contribution is 5.85. The van der Waals surface area contributed by atoms with Gasteiger partial charge in [-0.3, -0.25) is 10.2 Å². The molecule has 0 aromatic rings. The normalized spacial score (nSPS) is 9.83. The van der Waals surface area contributed by atoms with Gasteiger partial charge in [0.2, 0.25) is 5.91 Å². The quantitative estimate of drug-likeness (QED) is 0.687. The van der Waals surface area contributed by atoms with Gasteiger partial charge in [-0.1, -0.05) is 13.8 Å². The number of carbonyl (C=O) groups excluding carboxylic acids is 1. The van der Waals surface area contributed by atoms with E-state index in [-0.39, 0.29) is 24.2 Å². The van der Waals surface area contributed by atoms with E-state index >= 15 is 0 Å². The van der Waals surface area contributed by atoms with E-state index in [1.165, 1.54) is 0 Å². The van der Waals surface area contributed by atoms with Crippen LogP contribution < -0.4 is 5.43 Å². The van der Waals surface area contributed by atoms with E-state index in [0.717, 1.165) is 12.8 Å². The molecule has 0 unspecified atom stereocenters. The van der Waals surface area contributed by atoms with Gasteiger partial charge in [0.25, 0.3) is 0 Å². The van der Waals surface area contributed by atoms with Gasteiger partial charge in [-0.25, -0.2) is 5.01 Å². The third kappa shape index (κ3) is 5.38. The molecule has 0 rings (SSSR count). The summed E-state index contributed by atoms with van der Waals surface area (Å²) in [5, 5.41) is 1.68. The maximum absolute atomic E-state index is 11.3. The third-order valence-corrected chi connectivity index (χ3v) is 1.69. The SMILES string of the molecule is CCC(CC)C(=O)NN(C)C.Cl. The second kappa shape index (κ2) is 7.37. The van der Waals surface area contributed by atoms with Crippen LogP contribution in [0, 0.1) is 5.92 Å². The van der Waals surface area contributed by atoms with E-state index in [9.17, 15) is 4.79 Å². The molecule has 0 aliphatic heterocycles. The molecule has 3 nitrogen and oxygen atoms in total. The summed E-state index contributed by atoms with van der Waals surface area (Å²) in [4.78, 5) is 11.3. The number of rotatable bonds is 4. The second-order valence-corrected chi connectivity index (χ2v) is 2.88. The number of hydrazine groups is 1. The first kappa shape index (κ1) is 14.3. The predicted octanol–water partition coefficient (Wildman–Crippen LogP) is 1.44. The zero-order valence-electron chi connectivity index (χ0n) is 8.26. The van der Waals surface area contributed by atoms with E-state index in [1.54, 1.807) is 5.01 Å². The summed E-state index contributed by atoms with van der Waals surface area (Å²) in [5.41, 5.74) is 2.74. The minimum atomic E-state index is 0. The zero-order valence-corrected chi connectivity index (χ0v) is 9.07. The Hall–Kier alpha value is -0.280. The monoisotopic (exact) mass is 194 g/mol. The first-order valence-corrected chi connectivity index (χ1v) is 4.09. The fourth-order valence-electron chi connectivity index (χ4n) is 0.971. The van der Waals surface area contributed by atoms with E-state index < -0.39 is 0 Å². The minimum Gasteiger partial charge on any atom is -0.289 e. The molecule has 0 aliphatic rings. The molecule has 0 aromatic carbocycles. The Morgan fingerprint density at radius 3 is 2.00 bits per heavy atom. The summed E-state index contributed by atoms with van der Waals surface area (Å²) in [6.07, 6.45) is 1.83. The lowest BCUT2D eigenvalue weighted by atomic mass is 10.0. The van der Waals surface area contributed by atoms with E-state index in [0.29, 0.717) is 0 Å². The van der Waals surface area contributed by atoms with Crippen LogP contribution in [0.3, 0.4) is 0 Å². The summed E-state index contributed by atoms with van der Waals surface area (Å²) in [7, 11) is 3.64. The Labute approximate surface area is 80.9 Å². The number of nitrogens with zero attached hydrogens (tertiary/aromatic N) is 1. The molecule has 0 radical (unpaired) electrons. The Morgan fingerprint density at radius 2 is 1.75 bits per heavy atom. The lowest BCUT2D eigenvalue weighted by Crippen LogP contribution is -2.39. The van der Waals surface area contributed by atoms with Crippen molar-refractivity contribution >= 4 is 18.3 Å². The molecule has 0 heterocycles. The molecule has 74 valence electrons. The summed E-state index contributed by atoms with van der Waals surface area (Å²) in [5.74, 6) is 0.289. The van der Waals surface area contributed by atoms with Gasteiger partial charge in [0.1, 0.15) is 0 Å². The van der Waals surface area contributed by atoms with E-state index in [2.05, 4.69) is 5.43 Å². The van der Waals surface area contributed by atoms with Crippen molar-refractivity contribution in [3.63, 3.8) is 0 Å². The maximum Gasteiger partial charge on any atom is 0.237 e. The molecule has 1 amide bonds. The van der Waals surface area contributed by atoms with Crippen LogP contribution in [0.1, 0.15) is 26.7 Å². The molecule has 0 saturated carbocycles. The molecule has 0 atom stereocenters. The van der Waals surface area contributed by atoms with Crippen LogP contribution in [0.25, 0.3) is 0 Å². The Kier molecular flexibility index (Phi) is 8.76. The topological polar surface area (TPSA) is 32.3 Å². The fraction of sp³-hybridized carbons (Fsp3) is 0.875. The molecule has 12 heavy (non-hydrogen) atoms. The molecule has 0 spiro atoms. The van der Waals surface area contributed by atoms with Crippen LogP contribution in [-0.2, 0) is 4.79 Å². The molecule has 1 N–H and O–H groups in total. The zero-order chi connectivity index (χ0) is 8.85. The molecule has 0 saturated heterocycles. The van der Waals surface area contributed by atoms with Crippen LogP contribution in [0.15, 0.2) is 0 Å². The van der Waals surface area contributed by atoms with Crippen molar-refractivity contribution in [2.24, 2.45) is 5.92 Å². The van der Waals surface area contributed by atoms with Crippen LogP contribution in [-0.4, -0.2) is 25.0 Å². The predicted molar refractivity (Wildman–Crippen MR) is 53.1 cm³/mol. The summed E-state index contributed by atoms with van der Waals surface area (Å²) >= 11 is 0.